The average molecular weight is 533 g/mol. The first kappa shape index (κ1) is 30.1. The van der Waals surface area contributed by atoms with Crippen molar-refractivity contribution < 1.29 is 23.6 Å². The van der Waals surface area contributed by atoms with E-state index in [0.717, 1.165) is 0 Å². The van der Waals surface area contributed by atoms with Crippen molar-refractivity contribution in [2.24, 2.45) is 17.4 Å². The van der Waals surface area contributed by atoms with E-state index in [4.69, 9.17) is 16.9 Å². The van der Waals surface area contributed by atoms with Crippen molar-refractivity contribution in [3.05, 3.63) is 35.8 Å². The molecule has 12 nitrogen and oxygen atoms in total. The summed E-state index contributed by atoms with van der Waals surface area (Å²) in [5.74, 6) is -3.01. The van der Waals surface area contributed by atoms with Crippen molar-refractivity contribution in [3.63, 3.8) is 0 Å². The summed E-state index contributed by atoms with van der Waals surface area (Å²) in [7, 11) is 0. The molecule has 0 unspecified atom stereocenters. The molecule has 0 saturated carbocycles. The van der Waals surface area contributed by atoms with Crippen LogP contribution < -0.4 is 32.7 Å². The zero-order valence-corrected chi connectivity index (χ0v) is 21.8. The zero-order chi connectivity index (χ0) is 28.4. The highest BCUT2D eigenvalue weighted by atomic mass is 19.1. The molecule has 38 heavy (non-hydrogen) atoms. The van der Waals surface area contributed by atoms with E-state index in [1.807, 2.05) is 13.8 Å². The Morgan fingerprint density at radius 2 is 1.68 bits per heavy atom. The third-order valence-corrected chi connectivity index (χ3v) is 5.83. The second-order valence-electron chi connectivity index (χ2n) is 9.60. The van der Waals surface area contributed by atoms with Crippen LogP contribution in [0.5, 0.6) is 0 Å². The number of hydrogen-bond donors (Lipinski definition) is 8. The summed E-state index contributed by atoms with van der Waals surface area (Å²) in [6, 6.07) is 1.16. The minimum atomic E-state index is -1.07. The summed E-state index contributed by atoms with van der Waals surface area (Å²) >= 11 is 0. The highest BCUT2D eigenvalue weighted by Crippen LogP contribution is 2.21. The Balaban J connectivity index is 2.24. The highest BCUT2D eigenvalue weighted by molar-refractivity contribution is 5.94. The zero-order valence-electron chi connectivity index (χ0n) is 21.8. The predicted molar refractivity (Wildman–Crippen MR) is 141 cm³/mol. The number of amides is 4. The standard InChI is InChI=1S/C25H37FN8O4/c1-13(2)9-20(22(27)36)34-23(37)19(5-4-8-30-25(28)29)33-24(38)21(32-14(3)35)10-15-12-31-18-7-6-16(26)11-17(15)18/h6-7,11-13,19-21,31H,4-5,8-10H2,1-3H3,(H2,27,36)(H,32,35)(H,33,38)(H,34,37)(H4,28,29,30)/t19-,20-,21+/m0/s1. The van der Waals surface area contributed by atoms with Gasteiger partial charge in [0.25, 0.3) is 0 Å². The Morgan fingerprint density at radius 1 is 1.03 bits per heavy atom. The van der Waals surface area contributed by atoms with Gasteiger partial charge in [-0.2, -0.15) is 0 Å². The minimum absolute atomic E-state index is 0.0341. The van der Waals surface area contributed by atoms with Crippen LogP contribution in [0.2, 0.25) is 0 Å². The first-order valence-electron chi connectivity index (χ1n) is 12.4. The van der Waals surface area contributed by atoms with Gasteiger partial charge in [-0.3, -0.25) is 24.6 Å². The molecule has 0 bridgehead atoms. The summed E-state index contributed by atoms with van der Waals surface area (Å²) in [5.41, 5.74) is 12.0. The summed E-state index contributed by atoms with van der Waals surface area (Å²) in [6.07, 6.45) is 2.49. The van der Waals surface area contributed by atoms with E-state index >= 15 is 0 Å². The largest absolute Gasteiger partial charge is 0.370 e. The van der Waals surface area contributed by atoms with Crippen LogP contribution in [0, 0.1) is 17.1 Å². The monoisotopic (exact) mass is 532 g/mol. The van der Waals surface area contributed by atoms with E-state index in [1.165, 1.54) is 19.1 Å². The topological polar surface area (TPSA) is 208 Å². The number of primary amides is 1. The van der Waals surface area contributed by atoms with Gasteiger partial charge in [0.1, 0.15) is 23.9 Å². The quantitative estimate of drug-likeness (QED) is 0.0962. The molecule has 0 aliphatic carbocycles. The van der Waals surface area contributed by atoms with Gasteiger partial charge in [-0.15, -0.1) is 0 Å². The molecule has 0 spiro atoms. The van der Waals surface area contributed by atoms with Gasteiger partial charge < -0.3 is 37.7 Å². The summed E-state index contributed by atoms with van der Waals surface area (Å²) in [6.45, 7) is 5.29. The van der Waals surface area contributed by atoms with Crippen LogP contribution in [-0.2, 0) is 25.6 Å². The van der Waals surface area contributed by atoms with Gasteiger partial charge in [0.05, 0.1) is 0 Å². The van der Waals surface area contributed by atoms with Gasteiger partial charge in [0.2, 0.25) is 23.6 Å². The first-order chi connectivity index (χ1) is 17.9. The molecule has 1 aromatic carbocycles. The number of aromatic amines is 1. The van der Waals surface area contributed by atoms with Gasteiger partial charge in [0, 0.05) is 37.0 Å². The van der Waals surface area contributed by atoms with E-state index in [0.29, 0.717) is 29.3 Å². The Morgan fingerprint density at radius 3 is 2.29 bits per heavy atom. The lowest BCUT2D eigenvalue weighted by Gasteiger charge is -2.25. The number of guanidine groups is 1. The molecule has 3 atom stereocenters. The molecule has 13 heteroatoms. The Kier molecular flexibility index (Phi) is 11.0. The van der Waals surface area contributed by atoms with Gasteiger partial charge in [-0.1, -0.05) is 13.8 Å². The lowest BCUT2D eigenvalue weighted by molar-refractivity contribution is -0.133. The molecule has 208 valence electrons. The molecule has 0 fully saturated rings. The third-order valence-electron chi connectivity index (χ3n) is 5.83. The molecule has 1 heterocycles. The number of H-pyrrole nitrogens is 1. The number of rotatable bonds is 14. The van der Waals surface area contributed by atoms with Gasteiger partial charge in [-0.05, 0) is 48.9 Å². The molecular formula is C25H37FN8O4. The Hall–Kier alpha value is -4.16. The first-order valence-corrected chi connectivity index (χ1v) is 12.4. The molecule has 0 aliphatic rings. The second-order valence-corrected chi connectivity index (χ2v) is 9.60. The number of hydrogen-bond acceptors (Lipinski definition) is 5. The van der Waals surface area contributed by atoms with Crippen molar-refractivity contribution in [3.8, 4) is 0 Å². The summed E-state index contributed by atoms with van der Waals surface area (Å²) in [5, 5.41) is 18.3. The molecule has 0 radical (unpaired) electrons. The van der Waals surface area contributed by atoms with Gasteiger partial charge in [-0.25, -0.2) is 4.39 Å². The minimum Gasteiger partial charge on any atom is -0.370 e. The van der Waals surface area contributed by atoms with E-state index < -0.39 is 47.6 Å². The maximum Gasteiger partial charge on any atom is 0.243 e. The average Bonchev–Trinajstić information content (AvgIpc) is 3.20. The summed E-state index contributed by atoms with van der Waals surface area (Å²) in [4.78, 5) is 53.2. The van der Waals surface area contributed by atoms with Crippen molar-refractivity contribution >= 4 is 40.5 Å². The fraction of sp³-hybridized carbons (Fsp3) is 0.480. The van der Waals surface area contributed by atoms with Crippen molar-refractivity contribution in [1.82, 2.24) is 26.3 Å². The fourth-order valence-corrected chi connectivity index (χ4v) is 4.05. The Bertz CT molecular complexity index is 1170. The second kappa shape index (κ2) is 14.0. The van der Waals surface area contributed by atoms with Crippen LogP contribution in [0.25, 0.3) is 10.9 Å². The highest BCUT2D eigenvalue weighted by Gasteiger charge is 2.29. The lowest BCUT2D eigenvalue weighted by atomic mass is 10.0. The number of carbonyl (C=O) groups is 4. The number of nitrogens with one attached hydrogen (secondary N) is 6. The van der Waals surface area contributed by atoms with Crippen molar-refractivity contribution in [2.75, 3.05) is 6.54 Å². The fourth-order valence-electron chi connectivity index (χ4n) is 4.05. The number of benzene rings is 1. The molecule has 2 aromatic rings. The van der Waals surface area contributed by atoms with Crippen LogP contribution in [0.1, 0.15) is 45.6 Å². The maximum absolute atomic E-state index is 13.8. The molecule has 0 saturated heterocycles. The molecule has 0 aliphatic heterocycles. The van der Waals surface area contributed by atoms with Crippen LogP contribution in [-0.4, -0.2) is 59.2 Å². The normalized spacial score (nSPS) is 13.4. The number of halogens is 1. The predicted octanol–water partition coefficient (Wildman–Crippen LogP) is 0.118. The van der Waals surface area contributed by atoms with E-state index in [-0.39, 0.29) is 31.3 Å². The number of aromatic nitrogens is 1. The smallest absolute Gasteiger partial charge is 0.243 e. The number of fused-ring (bicyclic) bond motifs is 1. The van der Waals surface area contributed by atoms with Crippen LogP contribution in [0.4, 0.5) is 4.39 Å². The summed E-state index contributed by atoms with van der Waals surface area (Å²) < 4.78 is 13.8. The Labute approximate surface area is 220 Å². The maximum atomic E-state index is 13.8. The number of nitrogens with two attached hydrogens (primary N) is 2. The van der Waals surface area contributed by atoms with E-state index in [9.17, 15) is 23.6 Å². The molecule has 1 aromatic heterocycles. The van der Waals surface area contributed by atoms with Gasteiger partial charge >= 0.3 is 0 Å². The number of carbonyl (C=O) groups excluding carboxylic acids is 4. The van der Waals surface area contributed by atoms with Crippen LogP contribution in [0.15, 0.2) is 24.4 Å². The van der Waals surface area contributed by atoms with Crippen molar-refractivity contribution in [1.29, 1.82) is 5.41 Å². The van der Waals surface area contributed by atoms with Crippen LogP contribution >= 0.6 is 0 Å². The molecule has 10 N–H and O–H groups in total. The van der Waals surface area contributed by atoms with E-state index in [2.05, 4.69) is 26.3 Å². The van der Waals surface area contributed by atoms with Gasteiger partial charge in [0.15, 0.2) is 5.96 Å². The molecular weight excluding hydrogens is 495 g/mol. The molecule has 4 amide bonds. The van der Waals surface area contributed by atoms with Crippen LogP contribution in [0.3, 0.4) is 0 Å². The third kappa shape index (κ3) is 9.37. The molecule has 2 rings (SSSR count). The van der Waals surface area contributed by atoms with Crippen molar-refractivity contribution in [2.45, 2.75) is 64.6 Å². The van der Waals surface area contributed by atoms with E-state index in [1.54, 1.807) is 12.3 Å². The SMILES string of the molecule is CC(=O)N[C@H](Cc1c[nH]c2ccc(F)cc12)C(=O)N[C@@H](CCCNC(=N)N)C(=O)N[C@@H](CC(C)C)C(N)=O. The lowest BCUT2D eigenvalue weighted by Crippen LogP contribution is -2.56.